The van der Waals surface area contributed by atoms with Gasteiger partial charge in [0.2, 0.25) is 6.79 Å². The van der Waals surface area contributed by atoms with Crippen LogP contribution in [0.5, 0.6) is 11.5 Å². The molecule has 25 heavy (non-hydrogen) atoms. The summed E-state index contributed by atoms with van der Waals surface area (Å²) < 4.78 is 38.4. The van der Waals surface area contributed by atoms with Gasteiger partial charge in [-0.15, -0.1) is 0 Å². The zero-order valence-electron chi connectivity index (χ0n) is 13.7. The molecule has 0 atom stereocenters. The van der Waals surface area contributed by atoms with E-state index in [0.29, 0.717) is 23.7 Å². The van der Waals surface area contributed by atoms with Crippen LogP contribution in [0.15, 0.2) is 65.6 Å². The normalized spacial score (nSPS) is 13.2. The van der Waals surface area contributed by atoms with E-state index in [4.69, 9.17) is 9.47 Å². The van der Waals surface area contributed by atoms with Crippen LogP contribution in [-0.2, 0) is 10.0 Å². The lowest BCUT2D eigenvalue weighted by Gasteiger charge is -2.23. The van der Waals surface area contributed by atoms with Gasteiger partial charge in [0.05, 0.1) is 10.6 Å². The molecule has 0 bridgehead atoms. The Balaban J connectivity index is 1.78. The number of hydrogen-bond donors (Lipinski definition) is 0. The van der Waals surface area contributed by atoms with Crippen LogP contribution in [0, 0.1) is 0 Å². The van der Waals surface area contributed by atoms with Crippen molar-refractivity contribution in [2.45, 2.75) is 11.8 Å². The van der Waals surface area contributed by atoms with Crippen LogP contribution in [0.1, 0.15) is 6.92 Å². The maximum atomic E-state index is 13.2. The molecule has 0 fully saturated rings. The van der Waals surface area contributed by atoms with Crippen molar-refractivity contribution >= 4 is 26.5 Å². The molecule has 0 amide bonds. The molecule has 0 aliphatic carbocycles. The van der Waals surface area contributed by atoms with E-state index >= 15 is 0 Å². The van der Waals surface area contributed by atoms with Crippen LogP contribution >= 0.6 is 0 Å². The average Bonchev–Trinajstić information content (AvgIpc) is 3.09. The van der Waals surface area contributed by atoms with E-state index in [9.17, 15) is 8.42 Å². The molecule has 0 radical (unpaired) electrons. The Morgan fingerprint density at radius 1 is 0.920 bits per heavy atom. The van der Waals surface area contributed by atoms with E-state index in [2.05, 4.69) is 0 Å². The Morgan fingerprint density at radius 2 is 1.68 bits per heavy atom. The van der Waals surface area contributed by atoms with Gasteiger partial charge in [0.1, 0.15) is 0 Å². The minimum Gasteiger partial charge on any atom is -0.454 e. The number of fused-ring (bicyclic) bond motifs is 2. The van der Waals surface area contributed by atoms with E-state index in [1.807, 2.05) is 37.3 Å². The summed E-state index contributed by atoms with van der Waals surface area (Å²) in [7, 11) is -3.68. The number of benzene rings is 3. The van der Waals surface area contributed by atoms with Crippen LogP contribution < -0.4 is 13.8 Å². The van der Waals surface area contributed by atoms with Gasteiger partial charge in [-0.3, -0.25) is 4.31 Å². The number of rotatable bonds is 4. The second kappa shape index (κ2) is 5.97. The molecule has 0 unspecified atom stereocenters. The average molecular weight is 355 g/mol. The van der Waals surface area contributed by atoms with E-state index in [0.717, 1.165) is 10.8 Å². The lowest BCUT2D eigenvalue weighted by molar-refractivity contribution is 0.174. The minimum absolute atomic E-state index is 0.155. The molecule has 0 saturated carbocycles. The quantitative estimate of drug-likeness (QED) is 0.715. The molecular formula is C19H17NO4S. The lowest BCUT2D eigenvalue weighted by atomic mass is 10.1. The van der Waals surface area contributed by atoms with Crippen molar-refractivity contribution in [2.75, 3.05) is 17.6 Å². The lowest BCUT2D eigenvalue weighted by Crippen LogP contribution is -2.30. The van der Waals surface area contributed by atoms with Crippen molar-refractivity contribution in [3.8, 4) is 11.5 Å². The van der Waals surface area contributed by atoms with Crippen molar-refractivity contribution in [1.29, 1.82) is 0 Å². The summed E-state index contributed by atoms with van der Waals surface area (Å²) in [4.78, 5) is 0.269. The molecule has 1 heterocycles. The SMILES string of the molecule is CCN(c1ccc2c(c1)OCO2)S(=O)(=O)c1ccc2ccccc2c1. The number of nitrogens with zero attached hydrogens (tertiary/aromatic N) is 1. The van der Waals surface area contributed by atoms with Gasteiger partial charge < -0.3 is 9.47 Å². The highest BCUT2D eigenvalue weighted by Crippen LogP contribution is 2.37. The van der Waals surface area contributed by atoms with Gasteiger partial charge in [0, 0.05) is 12.6 Å². The number of hydrogen-bond acceptors (Lipinski definition) is 4. The van der Waals surface area contributed by atoms with E-state index in [1.54, 1.807) is 30.3 Å². The monoisotopic (exact) mass is 355 g/mol. The molecule has 0 saturated heterocycles. The molecule has 5 nitrogen and oxygen atoms in total. The highest BCUT2D eigenvalue weighted by Gasteiger charge is 2.25. The van der Waals surface area contributed by atoms with Gasteiger partial charge in [-0.05, 0) is 42.0 Å². The molecule has 0 N–H and O–H groups in total. The summed E-state index contributed by atoms with van der Waals surface area (Å²) in [6.07, 6.45) is 0. The number of anilines is 1. The summed E-state index contributed by atoms with van der Waals surface area (Å²) in [5.74, 6) is 1.19. The van der Waals surface area contributed by atoms with Gasteiger partial charge in [-0.2, -0.15) is 0 Å². The van der Waals surface area contributed by atoms with Crippen molar-refractivity contribution in [1.82, 2.24) is 0 Å². The Labute approximate surface area is 146 Å². The topological polar surface area (TPSA) is 55.8 Å². The van der Waals surface area contributed by atoms with Crippen LogP contribution in [-0.4, -0.2) is 21.8 Å². The highest BCUT2D eigenvalue weighted by molar-refractivity contribution is 7.92. The van der Waals surface area contributed by atoms with Gasteiger partial charge in [-0.1, -0.05) is 30.3 Å². The Bertz CT molecular complexity index is 1050. The zero-order chi connectivity index (χ0) is 17.4. The van der Waals surface area contributed by atoms with E-state index in [1.165, 1.54) is 4.31 Å². The van der Waals surface area contributed by atoms with Crippen molar-refractivity contribution < 1.29 is 17.9 Å². The molecule has 3 aromatic rings. The van der Waals surface area contributed by atoms with Crippen molar-refractivity contribution in [3.63, 3.8) is 0 Å². The fraction of sp³-hybridized carbons (Fsp3) is 0.158. The van der Waals surface area contributed by atoms with E-state index < -0.39 is 10.0 Å². The predicted octanol–water partition coefficient (Wildman–Crippen LogP) is 3.78. The fourth-order valence-corrected chi connectivity index (χ4v) is 4.49. The molecule has 1 aliphatic rings. The Kier molecular flexibility index (Phi) is 3.77. The van der Waals surface area contributed by atoms with Crippen LogP contribution in [0.3, 0.4) is 0 Å². The van der Waals surface area contributed by atoms with Crippen molar-refractivity contribution in [3.05, 3.63) is 60.7 Å². The molecule has 6 heteroatoms. The van der Waals surface area contributed by atoms with Gasteiger partial charge >= 0.3 is 0 Å². The fourth-order valence-electron chi connectivity index (χ4n) is 2.99. The second-order valence-corrected chi connectivity index (χ2v) is 7.58. The van der Waals surface area contributed by atoms with Crippen molar-refractivity contribution in [2.24, 2.45) is 0 Å². The van der Waals surface area contributed by atoms with Gasteiger partial charge in [0.15, 0.2) is 11.5 Å². The predicted molar refractivity (Wildman–Crippen MR) is 96.7 cm³/mol. The molecule has 0 spiro atoms. The third-order valence-electron chi connectivity index (χ3n) is 4.24. The summed E-state index contributed by atoms with van der Waals surface area (Å²) in [5, 5.41) is 1.90. The molecule has 128 valence electrons. The summed E-state index contributed by atoms with van der Waals surface area (Å²) in [6.45, 7) is 2.28. The van der Waals surface area contributed by atoms with Gasteiger partial charge in [-0.25, -0.2) is 8.42 Å². The first-order valence-corrected chi connectivity index (χ1v) is 9.45. The minimum atomic E-state index is -3.68. The molecule has 1 aliphatic heterocycles. The molecular weight excluding hydrogens is 338 g/mol. The Morgan fingerprint density at radius 3 is 2.48 bits per heavy atom. The van der Waals surface area contributed by atoms with Crippen LogP contribution in [0.2, 0.25) is 0 Å². The Hall–Kier alpha value is -2.73. The summed E-state index contributed by atoms with van der Waals surface area (Å²) >= 11 is 0. The second-order valence-electron chi connectivity index (χ2n) is 5.72. The molecule has 0 aromatic heterocycles. The summed E-state index contributed by atoms with van der Waals surface area (Å²) in [6, 6.07) is 18.0. The third kappa shape index (κ3) is 2.68. The van der Waals surface area contributed by atoms with Crippen LogP contribution in [0.25, 0.3) is 10.8 Å². The highest BCUT2D eigenvalue weighted by atomic mass is 32.2. The standard InChI is InChI=1S/C19H17NO4S/c1-2-20(16-8-10-18-19(12-16)24-13-23-18)25(21,22)17-9-7-14-5-3-4-6-15(14)11-17/h3-12H,2,13H2,1H3. The maximum Gasteiger partial charge on any atom is 0.264 e. The zero-order valence-corrected chi connectivity index (χ0v) is 14.5. The first kappa shape index (κ1) is 15.8. The van der Waals surface area contributed by atoms with Gasteiger partial charge in [0.25, 0.3) is 10.0 Å². The first-order chi connectivity index (χ1) is 12.1. The maximum absolute atomic E-state index is 13.2. The van der Waals surface area contributed by atoms with E-state index in [-0.39, 0.29) is 11.7 Å². The number of ether oxygens (including phenoxy) is 2. The largest absolute Gasteiger partial charge is 0.454 e. The molecule has 4 rings (SSSR count). The number of sulfonamides is 1. The smallest absolute Gasteiger partial charge is 0.264 e. The first-order valence-electron chi connectivity index (χ1n) is 8.01. The van der Waals surface area contributed by atoms with Crippen LogP contribution in [0.4, 0.5) is 5.69 Å². The molecule has 3 aromatic carbocycles. The summed E-state index contributed by atoms with van der Waals surface area (Å²) in [5.41, 5.74) is 0.555. The third-order valence-corrected chi connectivity index (χ3v) is 6.14.